The maximum absolute atomic E-state index is 14.9. The predicted molar refractivity (Wildman–Crippen MR) is 207 cm³/mol. The molecular formula is C38H72N2O2Si3. The van der Waals surface area contributed by atoms with E-state index in [1.54, 1.807) is 0 Å². The van der Waals surface area contributed by atoms with Gasteiger partial charge < -0.3 is 13.6 Å². The Morgan fingerprint density at radius 1 is 0.644 bits per heavy atom. The number of hydrogen-bond acceptors (Lipinski definition) is 3. The van der Waals surface area contributed by atoms with Gasteiger partial charge in [-0.15, -0.1) is 0 Å². The van der Waals surface area contributed by atoms with Crippen molar-refractivity contribution in [1.29, 1.82) is 0 Å². The van der Waals surface area contributed by atoms with Crippen LogP contribution < -0.4 is 4.98 Å². The van der Waals surface area contributed by atoms with Gasteiger partial charge in [-0.1, -0.05) is 143 Å². The largest absolute Gasteiger partial charge is 0.517 e. The molecular weight excluding hydrogens is 601 g/mol. The SMILES string of the molecule is CC(C)[Si](N[C@@H](Cc1cn([Si](C(C)C)(C(C)C)C(C)C)c2ccccc12)C(=O)O[Si](C(C)C)(C(C)C)C(C)C)(C(C)C)C(C)C. The average molecular weight is 673 g/mol. The van der Waals surface area contributed by atoms with Gasteiger partial charge in [-0.3, -0.25) is 4.79 Å². The van der Waals surface area contributed by atoms with Gasteiger partial charge in [-0.05, 0) is 74.1 Å². The van der Waals surface area contributed by atoms with Crippen molar-refractivity contribution < 1.29 is 9.22 Å². The number of rotatable bonds is 16. The molecule has 0 fully saturated rings. The lowest BCUT2D eigenvalue weighted by molar-refractivity contribution is -0.137. The highest BCUT2D eigenvalue weighted by Gasteiger charge is 2.51. The van der Waals surface area contributed by atoms with Crippen LogP contribution in [0.25, 0.3) is 10.9 Å². The number of carbonyl (C=O) groups excluding carboxylic acids is 1. The molecule has 0 aliphatic carbocycles. The number of fused-ring (bicyclic) bond motifs is 1. The second-order valence-corrected chi connectivity index (χ2v) is 33.6. The Morgan fingerprint density at radius 3 is 1.44 bits per heavy atom. The number of benzene rings is 1. The monoisotopic (exact) mass is 672 g/mol. The Hall–Kier alpha value is -1.16. The van der Waals surface area contributed by atoms with Crippen LogP contribution in [0.15, 0.2) is 30.5 Å². The summed E-state index contributed by atoms with van der Waals surface area (Å²) in [5, 5.41) is 1.29. The van der Waals surface area contributed by atoms with E-state index in [1.807, 2.05) is 0 Å². The highest BCUT2D eigenvalue weighted by Crippen LogP contribution is 2.46. The third-order valence-corrected chi connectivity index (χ3v) is 31.3. The summed E-state index contributed by atoms with van der Waals surface area (Å²) >= 11 is 0. The summed E-state index contributed by atoms with van der Waals surface area (Å²) in [6.07, 6.45) is 3.13. The summed E-state index contributed by atoms with van der Waals surface area (Å²) in [5.74, 6) is -0.0199. The minimum absolute atomic E-state index is 0.0199. The average Bonchev–Trinajstić information content (AvgIpc) is 3.26. The first kappa shape index (κ1) is 40.0. The quantitative estimate of drug-likeness (QED) is 0.180. The van der Waals surface area contributed by atoms with Gasteiger partial charge in [0, 0.05) is 10.9 Å². The lowest BCUT2D eigenvalue weighted by Gasteiger charge is -2.47. The minimum atomic E-state index is -2.42. The molecule has 1 aromatic heterocycles. The fraction of sp³-hybridized carbons (Fsp3) is 0.763. The van der Waals surface area contributed by atoms with Gasteiger partial charge in [0.05, 0.1) is 0 Å². The lowest BCUT2D eigenvalue weighted by Crippen LogP contribution is -2.64. The zero-order chi connectivity index (χ0) is 34.8. The summed E-state index contributed by atoms with van der Waals surface area (Å²) in [4.78, 5) is 19.1. The standard InChI is InChI=1S/C38H72N2O2Si3/c1-25(2)43(26(3)4,27(5)6)39-36(38(41)42-45(31(13)14,32(15)16)33(17)18)23-34-24-40(37-22-20-19-21-35(34)37)44(28(7)8,29(9)10)30(11)12/h19-22,24-33,36,39H,23H2,1-18H3/t36-/m0/s1. The number of aromatic nitrogens is 1. The van der Waals surface area contributed by atoms with Crippen molar-refractivity contribution in [1.82, 2.24) is 9.22 Å². The van der Waals surface area contributed by atoms with E-state index in [0.29, 0.717) is 56.3 Å². The topological polar surface area (TPSA) is 43.3 Å². The van der Waals surface area contributed by atoms with Gasteiger partial charge in [-0.2, -0.15) is 0 Å². The Morgan fingerprint density at radius 2 is 1.07 bits per heavy atom. The third-order valence-electron chi connectivity index (χ3n) is 12.0. The van der Waals surface area contributed by atoms with Crippen LogP contribution in [0.1, 0.15) is 130 Å². The number of carbonyl (C=O) groups is 1. The van der Waals surface area contributed by atoms with Crippen LogP contribution in [-0.4, -0.2) is 41.0 Å². The Bertz CT molecular complexity index is 1180. The minimum Gasteiger partial charge on any atom is -0.517 e. The van der Waals surface area contributed by atoms with Gasteiger partial charge in [0.15, 0.2) is 8.24 Å². The summed E-state index contributed by atoms with van der Waals surface area (Å²) in [7, 11) is -6.59. The first-order valence-corrected chi connectivity index (χ1v) is 24.8. The maximum Gasteiger partial charge on any atom is 0.309 e. The van der Waals surface area contributed by atoms with Crippen LogP contribution in [0.2, 0.25) is 49.9 Å². The molecule has 2 aromatic rings. The van der Waals surface area contributed by atoms with Crippen LogP contribution in [0.4, 0.5) is 0 Å². The molecule has 0 aliphatic heterocycles. The number of hydrogen-bond donors (Lipinski definition) is 1. The molecule has 1 heterocycles. The molecule has 2 rings (SSSR count). The Labute approximate surface area is 282 Å². The van der Waals surface area contributed by atoms with E-state index in [4.69, 9.17) is 4.43 Å². The molecule has 0 amide bonds. The van der Waals surface area contributed by atoms with Crippen molar-refractivity contribution >= 4 is 41.7 Å². The smallest absolute Gasteiger partial charge is 0.309 e. The summed E-state index contributed by atoms with van der Waals surface area (Å²) in [6, 6.07) is 8.59. The van der Waals surface area contributed by atoms with E-state index in [0.717, 1.165) is 0 Å². The summed E-state index contributed by atoms with van der Waals surface area (Å²) < 4.78 is 9.73. The van der Waals surface area contributed by atoms with Crippen LogP contribution in [0.5, 0.6) is 0 Å². The lowest BCUT2D eigenvalue weighted by atomic mass is 10.1. The molecule has 0 unspecified atom stereocenters. The number of nitrogens with zero attached hydrogens (tertiary/aromatic N) is 1. The van der Waals surface area contributed by atoms with Crippen LogP contribution in [-0.2, 0) is 15.6 Å². The van der Waals surface area contributed by atoms with Gasteiger partial charge in [-0.25, -0.2) is 0 Å². The second-order valence-electron chi connectivity index (χ2n) is 16.9. The molecule has 0 spiro atoms. The molecule has 4 nitrogen and oxygen atoms in total. The fourth-order valence-electron chi connectivity index (χ4n) is 10.4. The van der Waals surface area contributed by atoms with E-state index in [1.165, 1.54) is 16.5 Å². The van der Waals surface area contributed by atoms with Crippen molar-refractivity contribution in [3.63, 3.8) is 0 Å². The summed E-state index contributed by atoms with van der Waals surface area (Å²) in [6.45, 7) is 42.5. The van der Waals surface area contributed by atoms with Crippen molar-refractivity contribution in [3.05, 3.63) is 36.0 Å². The Kier molecular flexibility index (Phi) is 13.7. The zero-order valence-electron chi connectivity index (χ0n) is 32.6. The van der Waals surface area contributed by atoms with Crippen LogP contribution >= 0.6 is 0 Å². The first-order chi connectivity index (χ1) is 20.7. The fourth-order valence-corrected chi connectivity index (χ4v) is 28.1. The normalized spacial score (nSPS) is 14.6. The highest BCUT2D eigenvalue weighted by molar-refractivity contribution is 6.83. The highest BCUT2D eigenvalue weighted by atomic mass is 28.4. The molecule has 1 atom stereocenters. The molecule has 7 heteroatoms. The van der Waals surface area contributed by atoms with E-state index < -0.39 is 24.8 Å². The van der Waals surface area contributed by atoms with E-state index >= 15 is 0 Å². The summed E-state index contributed by atoms with van der Waals surface area (Å²) in [5.41, 5.74) is 6.86. The van der Waals surface area contributed by atoms with Crippen LogP contribution in [0, 0.1) is 0 Å². The van der Waals surface area contributed by atoms with E-state index in [-0.39, 0.29) is 12.0 Å². The van der Waals surface area contributed by atoms with Gasteiger partial charge in [0.25, 0.3) is 8.32 Å². The molecule has 0 saturated carbocycles. The van der Waals surface area contributed by atoms with Gasteiger partial charge >= 0.3 is 5.97 Å². The molecule has 258 valence electrons. The Balaban J connectivity index is 2.89. The molecule has 0 radical (unpaired) electrons. The molecule has 45 heavy (non-hydrogen) atoms. The predicted octanol–water partition coefficient (Wildman–Crippen LogP) is 12.1. The van der Waals surface area contributed by atoms with Gasteiger partial charge in [0.2, 0.25) is 0 Å². The molecule has 1 N–H and O–H groups in total. The van der Waals surface area contributed by atoms with Crippen molar-refractivity contribution in [2.75, 3.05) is 0 Å². The van der Waals surface area contributed by atoms with Gasteiger partial charge in [0.1, 0.15) is 14.3 Å². The second kappa shape index (κ2) is 15.4. The first-order valence-electron chi connectivity index (χ1n) is 18.3. The van der Waals surface area contributed by atoms with Crippen LogP contribution in [0.3, 0.4) is 0 Å². The van der Waals surface area contributed by atoms with Crippen molar-refractivity contribution in [3.8, 4) is 0 Å². The van der Waals surface area contributed by atoms with Crippen molar-refractivity contribution in [2.24, 2.45) is 0 Å². The molecule has 0 saturated heterocycles. The molecule has 1 aromatic carbocycles. The van der Waals surface area contributed by atoms with Crippen molar-refractivity contribution in [2.45, 2.75) is 187 Å². The third kappa shape index (κ3) is 7.17. The zero-order valence-corrected chi connectivity index (χ0v) is 35.6. The number of nitrogens with one attached hydrogen (secondary N) is 1. The molecule has 0 bridgehead atoms. The van der Waals surface area contributed by atoms with E-state index in [2.05, 4.69) is 164 Å². The maximum atomic E-state index is 14.9. The molecule has 0 aliphatic rings. The number of para-hydroxylation sites is 1. The van der Waals surface area contributed by atoms with E-state index in [9.17, 15) is 4.79 Å².